The molecule has 0 aliphatic carbocycles. The third kappa shape index (κ3) is 5.28. The highest BCUT2D eigenvalue weighted by Gasteiger charge is 2.30. The fraction of sp³-hybridized carbons (Fsp3) is 0.136. The molecule has 1 N–H and O–H groups in total. The molecular weight excluding hydrogens is 385 g/mol. The van der Waals surface area contributed by atoms with Crippen LogP contribution in [0.3, 0.4) is 0 Å². The van der Waals surface area contributed by atoms with E-state index >= 15 is 0 Å². The molecule has 0 heterocycles. The van der Waals surface area contributed by atoms with E-state index in [1.165, 1.54) is 13.2 Å². The summed E-state index contributed by atoms with van der Waals surface area (Å²) < 4.78 is 49.9. The van der Waals surface area contributed by atoms with Gasteiger partial charge >= 0.3 is 12.1 Å². The monoisotopic (exact) mass is 402 g/mol. The van der Waals surface area contributed by atoms with Crippen LogP contribution in [-0.4, -0.2) is 18.2 Å². The molecule has 0 aliphatic rings. The minimum absolute atomic E-state index is 0.197. The zero-order valence-electron chi connectivity index (χ0n) is 15.4. The first-order chi connectivity index (χ1) is 13.7. The lowest BCUT2D eigenvalue weighted by Crippen LogP contribution is -2.04. The maximum absolute atomic E-state index is 13.0. The number of aliphatic carboxylic acids is 1. The van der Waals surface area contributed by atoms with Gasteiger partial charge in [-0.3, -0.25) is 4.79 Å². The van der Waals surface area contributed by atoms with Crippen molar-refractivity contribution < 1.29 is 32.5 Å². The molecule has 4 nitrogen and oxygen atoms in total. The molecule has 3 aromatic carbocycles. The summed E-state index contributed by atoms with van der Waals surface area (Å²) in [6.45, 7) is 0. The van der Waals surface area contributed by atoms with Crippen LogP contribution in [0.25, 0.3) is 11.1 Å². The molecule has 7 heteroatoms. The number of alkyl halides is 3. The van der Waals surface area contributed by atoms with Crippen LogP contribution in [0.15, 0.2) is 66.7 Å². The molecule has 3 rings (SSSR count). The predicted molar refractivity (Wildman–Crippen MR) is 101 cm³/mol. The summed E-state index contributed by atoms with van der Waals surface area (Å²) in [7, 11) is 1.46. The lowest BCUT2D eigenvalue weighted by molar-refractivity contribution is -0.138. The van der Waals surface area contributed by atoms with Crippen molar-refractivity contribution in [3.8, 4) is 28.4 Å². The van der Waals surface area contributed by atoms with Crippen molar-refractivity contribution in [1.29, 1.82) is 0 Å². The number of rotatable bonds is 6. The highest BCUT2D eigenvalue weighted by molar-refractivity contribution is 5.71. The van der Waals surface area contributed by atoms with Crippen LogP contribution in [0.2, 0.25) is 0 Å². The fourth-order valence-electron chi connectivity index (χ4n) is 2.83. The third-order valence-electron chi connectivity index (χ3n) is 4.12. The summed E-state index contributed by atoms with van der Waals surface area (Å²) in [5, 5.41) is 8.99. The first-order valence-corrected chi connectivity index (χ1v) is 8.60. The summed E-state index contributed by atoms with van der Waals surface area (Å²) in [5.41, 5.74) is 0.734. The highest BCUT2D eigenvalue weighted by atomic mass is 19.4. The lowest BCUT2D eigenvalue weighted by atomic mass is 10.0. The van der Waals surface area contributed by atoms with Gasteiger partial charge in [0.1, 0.15) is 17.2 Å². The largest absolute Gasteiger partial charge is 0.497 e. The Morgan fingerprint density at radius 3 is 2.21 bits per heavy atom. The normalized spacial score (nSPS) is 11.2. The number of ether oxygens (including phenoxy) is 2. The van der Waals surface area contributed by atoms with Gasteiger partial charge in [-0.25, -0.2) is 0 Å². The summed E-state index contributed by atoms with van der Waals surface area (Å²) >= 11 is 0. The van der Waals surface area contributed by atoms with E-state index in [0.717, 1.165) is 12.1 Å². The number of carboxylic acids is 1. The molecule has 0 saturated carbocycles. The minimum atomic E-state index is -4.43. The number of hydrogen-bond acceptors (Lipinski definition) is 3. The van der Waals surface area contributed by atoms with Crippen LogP contribution in [0.1, 0.15) is 11.1 Å². The Morgan fingerprint density at radius 1 is 0.897 bits per heavy atom. The van der Waals surface area contributed by atoms with E-state index in [1.807, 2.05) is 0 Å². The van der Waals surface area contributed by atoms with Gasteiger partial charge in [-0.2, -0.15) is 13.2 Å². The van der Waals surface area contributed by atoms with Crippen molar-refractivity contribution in [2.45, 2.75) is 12.6 Å². The number of carbonyl (C=O) groups is 1. The zero-order chi connectivity index (χ0) is 21.0. The van der Waals surface area contributed by atoms with Crippen molar-refractivity contribution >= 4 is 5.97 Å². The summed E-state index contributed by atoms with van der Waals surface area (Å²) in [4.78, 5) is 11.0. The van der Waals surface area contributed by atoms with Gasteiger partial charge in [-0.1, -0.05) is 24.3 Å². The minimum Gasteiger partial charge on any atom is -0.497 e. The van der Waals surface area contributed by atoms with Gasteiger partial charge in [-0.15, -0.1) is 0 Å². The number of halogens is 3. The van der Waals surface area contributed by atoms with Crippen molar-refractivity contribution in [2.75, 3.05) is 7.11 Å². The average Bonchev–Trinajstić information content (AvgIpc) is 2.67. The molecule has 0 fully saturated rings. The van der Waals surface area contributed by atoms with E-state index in [1.54, 1.807) is 48.5 Å². The summed E-state index contributed by atoms with van der Waals surface area (Å²) in [5.74, 6) is 0.208. The molecular formula is C22H17F3O4. The van der Waals surface area contributed by atoms with Gasteiger partial charge in [0, 0.05) is 6.07 Å². The molecule has 0 bridgehead atoms. The number of hydrogen-bond donors (Lipinski definition) is 1. The molecule has 0 aliphatic heterocycles. The first-order valence-electron chi connectivity index (χ1n) is 8.60. The molecule has 0 aromatic heterocycles. The molecule has 0 atom stereocenters. The van der Waals surface area contributed by atoms with Gasteiger partial charge in [-0.05, 0) is 53.1 Å². The Labute approximate surface area is 165 Å². The van der Waals surface area contributed by atoms with Crippen LogP contribution in [0.5, 0.6) is 17.2 Å². The van der Waals surface area contributed by atoms with E-state index in [9.17, 15) is 18.0 Å². The SMILES string of the molecule is COc1cc(CC(=O)O)cc(Oc2cccc(-c3cccc(C(F)(F)F)c3)c2)c1. The van der Waals surface area contributed by atoms with E-state index in [-0.39, 0.29) is 6.42 Å². The lowest BCUT2D eigenvalue weighted by Gasteiger charge is -2.12. The first kappa shape index (κ1) is 20.3. The Hall–Kier alpha value is -3.48. The predicted octanol–water partition coefficient (Wildman–Crippen LogP) is 5.80. The second-order valence-corrected chi connectivity index (χ2v) is 6.30. The molecule has 29 heavy (non-hydrogen) atoms. The van der Waals surface area contributed by atoms with Crippen molar-refractivity contribution in [2.24, 2.45) is 0 Å². The maximum Gasteiger partial charge on any atom is 0.416 e. The standard InChI is InChI=1S/C22H17F3O4/c1-28-19-8-14(10-21(26)27)9-20(13-19)29-18-7-3-5-16(12-18)15-4-2-6-17(11-15)22(23,24)25/h2-9,11-13H,10H2,1H3,(H,26,27). The molecule has 150 valence electrons. The number of carboxylic acid groups (broad SMARTS) is 1. The highest BCUT2D eigenvalue weighted by Crippen LogP contribution is 2.34. The second kappa shape index (κ2) is 8.26. The third-order valence-corrected chi connectivity index (χ3v) is 4.12. The quantitative estimate of drug-likeness (QED) is 0.566. The average molecular weight is 402 g/mol. The summed E-state index contributed by atoms with van der Waals surface area (Å²) in [6.07, 6.45) is -4.62. The molecule has 0 unspecified atom stereocenters. The van der Waals surface area contributed by atoms with E-state index in [4.69, 9.17) is 14.6 Å². The van der Waals surface area contributed by atoms with Gasteiger partial charge < -0.3 is 14.6 Å². The van der Waals surface area contributed by atoms with Crippen LogP contribution in [0, 0.1) is 0 Å². The maximum atomic E-state index is 13.0. The molecule has 0 spiro atoms. The zero-order valence-corrected chi connectivity index (χ0v) is 15.4. The van der Waals surface area contributed by atoms with Gasteiger partial charge in [0.25, 0.3) is 0 Å². The van der Waals surface area contributed by atoms with Gasteiger partial charge in [0.15, 0.2) is 0 Å². The number of benzene rings is 3. The Kier molecular flexibility index (Phi) is 5.77. The molecule has 3 aromatic rings. The van der Waals surface area contributed by atoms with Crippen LogP contribution < -0.4 is 9.47 Å². The van der Waals surface area contributed by atoms with E-state index in [2.05, 4.69) is 0 Å². The molecule has 0 saturated heterocycles. The smallest absolute Gasteiger partial charge is 0.416 e. The van der Waals surface area contributed by atoms with Crippen LogP contribution in [0.4, 0.5) is 13.2 Å². The van der Waals surface area contributed by atoms with Crippen molar-refractivity contribution in [3.05, 3.63) is 77.9 Å². The van der Waals surface area contributed by atoms with E-state index < -0.39 is 17.7 Å². The Bertz CT molecular complexity index is 1030. The molecule has 0 radical (unpaired) electrons. The number of methoxy groups -OCH3 is 1. The van der Waals surface area contributed by atoms with Crippen LogP contribution >= 0.6 is 0 Å². The van der Waals surface area contributed by atoms with Gasteiger partial charge in [0.05, 0.1) is 19.1 Å². The van der Waals surface area contributed by atoms with Crippen molar-refractivity contribution in [1.82, 2.24) is 0 Å². The van der Waals surface area contributed by atoms with E-state index in [0.29, 0.717) is 33.9 Å². The fourth-order valence-corrected chi connectivity index (χ4v) is 2.83. The topological polar surface area (TPSA) is 55.8 Å². The molecule has 0 amide bonds. The Morgan fingerprint density at radius 2 is 1.55 bits per heavy atom. The van der Waals surface area contributed by atoms with Crippen molar-refractivity contribution in [3.63, 3.8) is 0 Å². The van der Waals surface area contributed by atoms with Crippen LogP contribution in [-0.2, 0) is 17.4 Å². The Balaban J connectivity index is 1.90. The van der Waals surface area contributed by atoms with Gasteiger partial charge in [0.2, 0.25) is 0 Å². The summed E-state index contributed by atoms with van der Waals surface area (Å²) in [6, 6.07) is 16.4. The second-order valence-electron chi connectivity index (χ2n) is 6.30.